The summed E-state index contributed by atoms with van der Waals surface area (Å²) in [5, 5.41) is 6.61. The number of nitrogens with zero attached hydrogens (tertiary/aromatic N) is 2. The number of guanidine groups is 1. The Labute approximate surface area is 128 Å². The molecule has 0 saturated heterocycles. The lowest BCUT2D eigenvalue weighted by molar-refractivity contribution is 0.197. The molecule has 0 amide bonds. The molecule has 0 unspecified atom stereocenters. The Kier molecular flexibility index (Phi) is 9.04. The van der Waals surface area contributed by atoms with E-state index in [4.69, 9.17) is 4.74 Å². The molecule has 0 fully saturated rings. The molecule has 0 bridgehead atoms. The van der Waals surface area contributed by atoms with Crippen LogP contribution in [0.25, 0.3) is 0 Å². The van der Waals surface area contributed by atoms with E-state index in [0.717, 1.165) is 45.2 Å². The standard InChI is InChI=1S/C16H28N4O/c1-4-17-16(18-11-8-14-21-3)19-12-13-20(2)15-9-6-5-7-10-15/h5-7,9-10H,4,8,11-14H2,1-3H3,(H2,17,18,19). The molecule has 1 aromatic rings. The summed E-state index contributed by atoms with van der Waals surface area (Å²) >= 11 is 0. The normalized spacial score (nSPS) is 11.3. The summed E-state index contributed by atoms with van der Waals surface area (Å²) in [5.74, 6) is 0.870. The SMILES string of the molecule is CCNC(=NCCCOC)NCCN(C)c1ccccc1. The second-order valence-corrected chi connectivity index (χ2v) is 4.79. The van der Waals surface area contributed by atoms with Crippen molar-refractivity contribution < 1.29 is 4.74 Å². The smallest absolute Gasteiger partial charge is 0.191 e. The zero-order valence-corrected chi connectivity index (χ0v) is 13.4. The molecule has 1 aromatic carbocycles. The molecule has 0 aromatic heterocycles. The predicted molar refractivity (Wildman–Crippen MR) is 90.2 cm³/mol. The van der Waals surface area contributed by atoms with E-state index in [1.54, 1.807) is 7.11 Å². The van der Waals surface area contributed by atoms with Gasteiger partial charge < -0.3 is 20.3 Å². The minimum Gasteiger partial charge on any atom is -0.385 e. The summed E-state index contributed by atoms with van der Waals surface area (Å²) in [7, 11) is 3.81. The van der Waals surface area contributed by atoms with Crippen LogP contribution in [0.2, 0.25) is 0 Å². The molecular formula is C16H28N4O. The van der Waals surface area contributed by atoms with Crippen molar-refractivity contribution in [3.63, 3.8) is 0 Å². The first-order valence-corrected chi connectivity index (χ1v) is 7.55. The fraction of sp³-hybridized carbons (Fsp3) is 0.562. The number of methoxy groups -OCH3 is 1. The average Bonchev–Trinajstić information content (AvgIpc) is 2.52. The van der Waals surface area contributed by atoms with E-state index in [9.17, 15) is 0 Å². The molecule has 5 heteroatoms. The minimum atomic E-state index is 0.750. The highest BCUT2D eigenvalue weighted by Crippen LogP contribution is 2.09. The van der Waals surface area contributed by atoms with Crippen LogP contribution >= 0.6 is 0 Å². The van der Waals surface area contributed by atoms with E-state index in [0.29, 0.717) is 0 Å². The monoisotopic (exact) mass is 292 g/mol. The number of aliphatic imine (C=N–C) groups is 1. The second kappa shape index (κ2) is 11.0. The zero-order valence-electron chi connectivity index (χ0n) is 13.4. The topological polar surface area (TPSA) is 48.9 Å². The van der Waals surface area contributed by atoms with Crippen LogP contribution in [0.3, 0.4) is 0 Å². The number of hydrogen-bond donors (Lipinski definition) is 2. The van der Waals surface area contributed by atoms with Crippen molar-refractivity contribution in [3.8, 4) is 0 Å². The fourth-order valence-corrected chi connectivity index (χ4v) is 1.90. The molecule has 0 heterocycles. The van der Waals surface area contributed by atoms with Gasteiger partial charge >= 0.3 is 0 Å². The summed E-state index contributed by atoms with van der Waals surface area (Å²) in [6.45, 7) is 6.23. The van der Waals surface area contributed by atoms with E-state index in [1.807, 2.05) is 6.07 Å². The van der Waals surface area contributed by atoms with Crippen LogP contribution in [0.1, 0.15) is 13.3 Å². The van der Waals surface area contributed by atoms with Gasteiger partial charge in [-0.2, -0.15) is 0 Å². The first-order chi connectivity index (χ1) is 10.3. The maximum Gasteiger partial charge on any atom is 0.191 e. The van der Waals surface area contributed by atoms with E-state index in [2.05, 4.69) is 58.8 Å². The molecule has 21 heavy (non-hydrogen) atoms. The van der Waals surface area contributed by atoms with Crippen molar-refractivity contribution in [3.05, 3.63) is 30.3 Å². The van der Waals surface area contributed by atoms with Crippen molar-refractivity contribution >= 4 is 11.6 Å². The van der Waals surface area contributed by atoms with Crippen molar-refractivity contribution in [2.45, 2.75) is 13.3 Å². The lowest BCUT2D eigenvalue weighted by Gasteiger charge is -2.20. The first kappa shape index (κ1) is 17.3. The van der Waals surface area contributed by atoms with Gasteiger partial charge in [0.1, 0.15) is 0 Å². The van der Waals surface area contributed by atoms with Gasteiger partial charge in [0.2, 0.25) is 0 Å². The number of hydrogen-bond acceptors (Lipinski definition) is 3. The number of nitrogens with one attached hydrogen (secondary N) is 2. The van der Waals surface area contributed by atoms with Crippen LogP contribution in [-0.2, 0) is 4.74 Å². The average molecular weight is 292 g/mol. The van der Waals surface area contributed by atoms with E-state index < -0.39 is 0 Å². The zero-order chi connectivity index (χ0) is 15.3. The highest BCUT2D eigenvalue weighted by atomic mass is 16.5. The third-order valence-corrected chi connectivity index (χ3v) is 3.06. The summed E-state index contributed by atoms with van der Waals surface area (Å²) in [6, 6.07) is 10.4. The maximum atomic E-state index is 5.03. The number of likely N-dealkylation sites (N-methyl/N-ethyl adjacent to an activating group) is 1. The molecule has 0 spiro atoms. The largest absolute Gasteiger partial charge is 0.385 e. The summed E-state index contributed by atoms with van der Waals surface area (Å²) < 4.78 is 5.03. The molecule has 5 nitrogen and oxygen atoms in total. The minimum absolute atomic E-state index is 0.750. The van der Waals surface area contributed by atoms with Crippen LogP contribution < -0.4 is 15.5 Å². The first-order valence-electron chi connectivity index (χ1n) is 7.55. The van der Waals surface area contributed by atoms with Crippen LogP contribution in [0.5, 0.6) is 0 Å². The number of para-hydroxylation sites is 1. The van der Waals surface area contributed by atoms with E-state index in [1.165, 1.54) is 5.69 Å². The Morgan fingerprint density at radius 3 is 2.67 bits per heavy atom. The van der Waals surface area contributed by atoms with Crippen molar-refractivity contribution in [2.75, 3.05) is 51.8 Å². The molecule has 0 saturated carbocycles. The Bertz CT molecular complexity index is 395. The summed E-state index contributed by atoms with van der Waals surface area (Å²) in [4.78, 5) is 6.74. The van der Waals surface area contributed by atoms with Gasteiger partial charge in [-0.15, -0.1) is 0 Å². The Hall–Kier alpha value is -1.75. The van der Waals surface area contributed by atoms with Gasteiger partial charge in [-0.1, -0.05) is 18.2 Å². The number of ether oxygens (including phenoxy) is 1. The molecule has 0 radical (unpaired) electrons. The van der Waals surface area contributed by atoms with E-state index >= 15 is 0 Å². The third kappa shape index (κ3) is 7.56. The number of anilines is 1. The Balaban J connectivity index is 2.32. The van der Waals surface area contributed by atoms with Crippen molar-refractivity contribution in [1.82, 2.24) is 10.6 Å². The quantitative estimate of drug-likeness (QED) is 0.413. The van der Waals surface area contributed by atoms with Crippen LogP contribution in [0.15, 0.2) is 35.3 Å². The third-order valence-electron chi connectivity index (χ3n) is 3.06. The number of rotatable bonds is 9. The molecule has 0 aliphatic rings. The molecular weight excluding hydrogens is 264 g/mol. The molecule has 0 atom stereocenters. The predicted octanol–water partition coefficient (Wildman–Crippen LogP) is 1.71. The Morgan fingerprint density at radius 1 is 1.24 bits per heavy atom. The summed E-state index contributed by atoms with van der Waals surface area (Å²) in [6.07, 6.45) is 0.941. The Morgan fingerprint density at radius 2 is 2.00 bits per heavy atom. The van der Waals surface area contributed by atoms with Gasteiger partial charge in [0.15, 0.2) is 5.96 Å². The van der Waals surface area contributed by atoms with Gasteiger partial charge in [-0.05, 0) is 25.5 Å². The second-order valence-electron chi connectivity index (χ2n) is 4.79. The molecule has 1 rings (SSSR count). The highest BCUT2D eigenvalue weighted by molar-refractivity contribution is 5.79. The lowest BCUT2D eigenvalue weighted by Crippen LogP contribution is -2.41. The van der Waals surface area contributed by atoms with E-state index in [-0.39, 0.29) is 0 Å². The maximum absolute atomic E-state index is 5.03. The molecule has 0 aliphatic heterocycles. The van der Waals surface area contributed by atoms with Crippen molar-refractivity contribution in [1.29, 1.82) is 0 Å². The van der Waals surface area contributed by atoms with Gasteiger partial charge in [0, 0.05) is 52.6 Å². The highest BCUT2D eigenvalue weighted by Gasteiger charge is 2.01. The molecule has 0 aliphatic carbocycles. The lowest BCUT2D eigenvalue weighted by atomic mass is 10.3. The van der Waals surface area contributed by atoms with Crippen molar-refractivity contribution in [2.24, 2.45) is 4.99 Å². The fourth-order valence-electron chi connectivity index (χ4n) is 1.90. The van der Waals surface area contributed by atoms with Gasteiger partial charge in [-0.3, -0.25) is 4.99 Å². The molecule has 118 valence electrons. The molecule has 2 N–H and O–H groups in total. The van der Waals surface area contributed by atoms with Gasteiger partial charge in [0.25, 0.3) is 0 Å². The van der Waals surface area contributed by atoms with Gasteiger partial charge in [0.05, 0.1) is 0 Å². The van der Waals surface area contributed by atoms with Crippen LogP contribution in [0, 0.1) is 0 Å². The number of benzene rings is 1. The van der Waals surface area contributed by atoms with Crippen LogP contribution in [-0.4, -0.2) is 52.9 Å². The van der Waals surface area contributed by atoms with Gasteiger partial charge in [-0.25, -0.2) is 0 Å². The summed E-state index contributed by atoms with van der Waals surface area (Å²) in [5.41, 5.74) is 1.22. The van der Waals surface area contributed by atoms with Crippen LogP contribution in [0.4, 0.5) is 5.69 Å².